The first kappa shape index (κ1) is 13.6. The lowest BCUT2D eigenvalue weighted by atomic mass is 9.55. The summed E-state index contributed by atoms with van der Waals surface area (Å²) in [5, 5.41) is 9.81. The highest BCUT2D eigenvalue weighted by Crippen LogP contribution is 2.70. The molecule has 2 heterocycles. The third kappa shape index (κ3) is 1.50. The van der Waals surface area contributed by atoms with Crippen LogP contribution >= 0.6 is 0 Å². The molecule has 4 heteroatoms. The van der Waals surface area contributed by atoms with Crippen molar-refractivity contribution < 1.29 is 19.6 Å². The minimum absolute atomic E-state index is 0.0494. The van der Waals surface area contributed by atoms with Crippen LogP contribution in [0.3, 0.4) is 0 Å². The molecule has 0 radical (unpaired) electrons. The standard InChI is InChI=1S/C17H22O4/c1-14(2)7-8-15(3)11-19-17(16(15,10-14)20-21-17)12-5-4-6-13(18)9-12/h4-6,9,18H,7-8,10-11H2,1-3H3/t15-,16-,17-/m0/s1. The maximum Gasteiger partial charge on any atom is 0.261 e. The molecule has 0 unspecified atom stereocenters. The first-order valence-electron chi connectivity index (χ1n) is 7.63. The number of phenols is 1. The Morgan fingerprint density at radius 2 is 1.90 bits per heavy atom. The summed E-state index contributed by atoms with van der Waals surface area (Å²) in [7, 11) is 0. The van der Waals surface area contributed by atoms with E-state index in [4.69, 9.17) is 14.5 Å². The van der Waals surface area contributed by atoms with Crippen LogP contribution in [0.1, 0.15) is 45.6 Å². The van der Waals surface area contributed by atoms with Crippen LogP contribution in [0.4, 0.5) is 0 Å². The van der Waals surface area contributed by atoms with Crippen LogP contribution in [0, 0.1) is 10.8 Å². The molecule has 3 atom stereocenters. The number of phenolic OH excluding ortho intramolecular Hbond substituents is 1. The minimum atomic E-state index is -0.877. The third-order valence-electron chi connectivity index (χ3n) is 5.71. The molecular weight excluding hydrogens is 268 g/mol. The van der Waals surface area contributed by atoms with E-state index >= 15 is 0 Å². The third-order valence-corrected chi connectivity index (χ3v) is 5.71. The van der Waals surface area contributed by atoms with E-state index in [0.717, 1.165) is 24.8 Å². The monoisotopic (exact) mass is 290 g/mol. The summed E-state index contributed by atoms with van der Waals surface area (Å²) in [6.07, 6.45) is 3.12. The molecule has 0 aromatic heterocycles. The molecule has 1 aliphatic carbocycles. The number of ether oxygens (including phenoxy) is 1. The zero-order chi connectivity index (χ0) is 14.9. The lowest BCUT2D eigenvalue weighted by Gasteiger charge is -2.60. The Morgan fingerprint density at radius 3 is 2.57 bits per heavy atom. The van der Waals surface area contributed by atoms with Gasteiger partial charge in [-0.25, -0.2) is 4.89 Å². The average molecular weight is 290 g/mol. The SMILES string of the molecule is CC1(C)CC[C@@]2(C)CO[C@@]3(c4cccc(O)c4)OO[C@@]23C1. The van der Waals surface area contributed by atoms with Gasteiger partial charge in [-0.1, -0.05) is 32.9 Å². The molecule has 1 aromatic carbocycles. The Kier molecular flexibility index (Phi) is 2.46. The predicted molar refractivity (Wildman–Crippen MR) is 76.4 cm³/mol. The molecule has 1 N–H and O–H groups in total. The van der Waals surface area contributed by atoms with E-state index in [1.54, 1.807) is 12.1 Å². The molecule has 0 bridgehead atoms. The van der Waals surface area contributed by atoms with Gasteiger partial charge in [-0.3, -0.25) is 0 Å². The van der Waals surface area contributed by atoms with Gasteiger partial charge < -0.3 is 9.84 Å². The number of hydrogen-bond donors (Lipinski definition) is 1. The zero-order valence-electron chi connectivity index (χ0n) is 12.8. The summed E-state index contributed by atoms with van der Waals surface area (Å²) < 4.78 is 6.16. The molecule has 1 spiro atoms. The molecule has 4 nitrogen and oxygen atoms in total. The second-order valence-electron chi connectivity index (χ2n) is 7.85. The van der Waals surface area contributed by atoms with Crippen LogP contribution in [0.2, 0.25) is 0 Å². The van der Waals surface area contributed by atoms with Gasteiger partial charge in [0.1, 0.15) is 5.75 Å². The predicted octanol–water partition coefficient (Wildman–Crippen LogP) is 3.49. The Balaban J connectivity index is 1.84. The number of benzene rings is 1. The minimum Gasteiger partial charge on any atom is -0.508 e. The van der Waals surface area contributed by atoms with Crippen molar-refractivity contribution in [3.05, 3.63) is 29.8 Å². The van der Waals surface area contributed by atoms with Crippen LogP contribution in [0.5, 0.6) is 5.75 Å². The molecular formula is C17H22O4. The molecule has 3 aliphatic rings. The van der Waals surface area contributed by atoms with Crippen LogP contribution in [0.25, 0.3) is 0 Å². The van der Waals surface area contributed by atoms with Gasteiger partial charge in [-0.15, -0.1) is 0 Å². The van der Waals surface area contributed by atoms with Crippen molar-refractivity contribution in [3.8, 4) is 5.75 Å². The van der Waals surface area contributed by atoms with Gasteiger partial charge in [0, 0.05) is 11.0 Å². The van der Waals surface area contributed by atoms with E-state index in [0.29, 0.717) is 6.61 Å². The molecule has 2 saturated heterocycles. The first-order chi connectivity index (χ1) is 9.83. The highest BCUT2D eigenvalue weighted by molar-refractivity contribution is 5.36. The molecule has 21 heavy (non-hydrogen) atoms. The smallest absolute Gasteiger partial charge is 0.261 e. The molecule has 4 rings (SSSR count). The molecule has 1 aromatic rings. The highest BCUT2D eigenvalue weighted by atomic mass is 17.3. The van der Waals surface area contributed by atoms with Gasteiger partial charge in [0.05, 0.1) is 6.61 Å². The second-order valence-corrected chi connectivity index (χ2v) is 7.85. The van der Waals surface area contributed by atoms with E-state index in [-0.39, 0.29) is 16.6 Å². The van der Waals surface area contributed by atoms with Crippen LogP contribution < -0.4 is 0 Å². The molecule has 0 amide bonds. The van der Waals surface area contributed by atoms with Crippen molar-refractivity contribution in [1.29, 1.82) is 0 Å². The number of rotatable bonds is 1. The first-order valence-corrected chi connectivity index (χ1v) is 7.63. The lowest BCUT2D eigenvalue weighted by Crippen LogP contribution is -2.70. The topological polar surface area (TPSA) is 47.9 Å². The van der Waals surface area contributed by atoms with Crippen LogP contribution in [-0.2, 0) is 20.3 Å². The van der Waals surface area contributed by atoms with Crippen molar-refractivity contribution >= 4 is 0 Å². The van der Waals surface area contributed by atoms with E-state index in [2.05, 4.69) is 20.8 Å². The molecule has 1 saturated carbocycles. The summed E-state index contributed by atoms with van der Waals surface area (Å²) in [4.78, 5) is 11.3. The maximum absolute atomic E-state index is 9.81. The Morgan fingerprint density at radius 1 is 1.10 bits per heavy atom. The van der Waals surface area contributed by atoms with Gasteiger partial charge in [-0.05, 0) is 36.8 Å². The fourth-order valence-corrected chi connectivity index (χ4v) is 4.32. The summed E-state index contributed by atoms with van der Waals surface area (Å²) >= 11 is 0. The summed E-state index contributed by atoms with van der Waals surface area (Å²) in [5.41, 5.74) is 0.524. The quantitative estimate of drug-likeness (QED) is 0.804. The van der Waals surface area contributed by atoms with Gasteiger partial charge in [0.2, 0.25) is 0 Å². The Bertz CT molecular complexity index is 598. The van der Waals surface area contributed by atoms with E-state index in [1.165, 1.54) is 0 Å². The zero-order valence-corrected chi connectivity index (χ0v) is 12.8. The van der Waals surface area contributed by atoms with Gasteiger partial charge >= 0.3 is 0 Å². The normalized spacial score (nSPS) is 43.8. The van der Waals surface area contributed by atoms with E-state index < -0.39 is 11.4 Å². The van der Waals surface area contributed by atoms with Crippen LogP contribution in [-0.4, -0.2) is 17.3 Å². The van der Waals surface area contributed by atoms with E-state index in [9.17, 15) is 5.11 Å². The number of aromatic hydroxyl groups is 1. The lowest BCUT2D eigenvalue weighted by molar-refractivity contribution is -0.616. The van der Waals surface area contributed by atoms with Gasteiger partial charge in [0.25, 0.3) is 5.79 Å². The highest BCUT2D eigenvalue weighted by Gasteiger charge is 2.80. The van der Waals surface area contributed by atoms with E-state index in [1.807, 2.05) is 12.1 Å². The van der Waals surface area contributed by atoms with Crippen molar-refractivity contribution in [3.63, 3.8) is 0 Å². The second kappa shape index (κ2) is 3.80. The molecule has 114 valence electrons. The Labute approximate surface area is 124 Å². The van der Waals surface area contributed by atoms with Crippen molar-refractivity contribution in [2.24, 2.45) is 10.8 Å². The van der Waals surface area contributed by atoms with Crippen LogP contribution in [0.15, 0.2) is 24.3 Å². The average Bonchev–Trinajstić information content (AvgIpc) is 2.57. The fourth-order valence-electron chi connectivity index (χ4n) is 4.32. The van der Waals surface area contributed by atoms with Gasteiger partial charge in [-0.2, -0.15) is 4.89 Å². The summed E-state index contributed by atoms with van der Waals surface area (Å²) in [6, 6.07) is 7.14. The maximum atomic E-state index is 9.81. The van der Waals surface area contributed by atoms with Crippen molar-refractivity contribution in [2.45, 2.75) is 51.4 Å². The molecule has 3 fully saturated rings. The fraction of sp³-hybridized carbons (Fsp3) is 0.647. The van der Waals surface area contributed by atoms with Gasteiger partial charge in [0.15, 0.2) is 5.60 Å². The molecule has 2 aliphatic heterocycles. The largest absolute Gasteiger partial charge is 0.508 e. The van der Waals surface area contributed by atoms with Crippen molar-refractivity contribution in [2.75, 3.05) is 6.61 Å². The van der Waals surface area contributed by atoms with Crippen molar-refractivity contribution in [1.82, 2.24) is 0 Å². The summed E-state index contributed by atoms with van der Waals surface area (Å²) in [6.45, 7) is 7.40. The summed E-state index contributed by atoms with van der Waals surface area (Å²) in [5.74, 6) is -0.655. The number of hydrogen-bond acceptors (Lipinski definition) is 4. The Hall–Kier alpha value is -1.10.